The number of carbonyl (C=O) groups is 2. The van der Waals surface area contributed by atoms with Gasteiger partial charge in [0.2, 0.25) is 11.8 Å². The molecule has 0 aliphatic rings. The smallest absolute Gasteiger partial charge is 0.264 e. The number of benzene rings is 3. The monoisotopic (exact) mass is 537 g/mol. The Labute approximate surface area is 225 Å². The Morgan fingerprint density at radius 1 is 0.947 bits per heavy atom. The summed E-state index contributed by atoms with van der Waals surface area (Å²) in [6, 6.07) is 19.8. The molecule has 0 aliphatic heterocycles. The van der Waals surface area contributed by atoms with Crippen LogP contribution in [-0.4, -0.2) is 51.4 Å². The van der Waals surface area contributed by atoms with E-state index >= 15 is 0 Å². The lowest BCUT2D eigenvalue weighted by Gasteiger charge is -2.32. The van der Waals surface area contributed by atoms with Crippen LogP contribution in [0.2, 0.25) is 0 Å². The predicted octanol–water partition coefficient (Wildman–Crippen LogP) is 4.06. The largest absolute Gasteiger partial charge is 0.497 e. The zero-order valence-corrected chi connectivity index (χ0v) is 23.3. The fourth-order valence-electron chi connectivity index (χ4n) is 4.18. The van der Waals surface area contributed by atoms with Crippen molar-refractivity contribution in [2.24, 2.45) is 0 Å². The molecule has 3 aromatic carbocycles. The minimum Gasteiger partial charge on any atom is -0.497 e. The first-order valence-electron chi connectivity index (χ1n) is 12.4. The second kappa shape index (κ2) is 12.6. The van der Waals surface area contributed by atoms with E-state index in [4.69, 9.17) is 4.74 Å². The van der Waals surface area contributed by atoms with Gasteiger partial charge in [-0.25, -0.2) is 8.42 Å². The fourth-order valence-corrected chi connectivity index (χ4v) is 5.59. The summed E-state index contributed by atoms with van der Waals surface area (Å²) in [5.41, 5.74) is 2.90. The predicted molar refractivity (Wildman–Crippen MR) is 149 cm³/mol. The Kier molecular flexibility index (Phi) is 9.52. The molecule has 1 atom stereocenters. The van der Waals surface area contributed by atoms with Gasteiger partial charge in [-0.2, -0.15) is 0 Å². The fraction of sp³-hybridized carbons (Fsp3) is 0.310. The third kappa shape index (κ3) is 6.92. The van der Waals surface area contributed by atoms with Crippen LogP contribution in [-0.2, 0) is 26.2 Å². The summed E-state index contributed by atoms with van der Waals surface area (Å²) in [7, 11) is -2.52. The highest BCUT2D eigenvalue weighted by Gasteiger charge is 2.32. The first kappa shape index (κ1) is 28.7. The van der Waals surface area contributed by atoms with Crippen molar-refractivity contribution in [2.75, 3.05) is 24.5 Å². The van der Waals surface area contributed by atoms with E-state index in [-0.39, 0.29) is 17.3 Å². The van der Waals surface area contributed by atoms with Crippen LogP contribution in [0.1, 0.15) is 30.5 Å². The lowest BCUT2D eigenvalue weighted by atomic mass is 10.1. The molecule has 0 heterocycles. The Bertz CT molecular complexity index is 1340. The number of amides is 2. The summed E-state index contributed by atoms with van der Waals surface area (Å²) in [6.45, 7) is 7.24. The van der Waals surface area contributed by atoms with Gasteiger partial charge in [0.25, 0.3) is 10.0 Å². The van der Waals surface area contributed by atoms with Crippen molar-refractivity contribution in [1.29, 1.82) is 0 Å². The molecular weight excluding hydrogens is 502 g/mol. The molecule has 3 aromatic rings. The maximum Gasteiger partial charge on any atom is 0.264 e. The van der Waals surface area contributed by atoms with Gasteiger partial charge < -0.3 is 15.0 Å². The quantitative estimate of drug-likeness (QED) is 0.398. The molecule has 38 heavy (non-hydrogen) atoms. The van der Waals surface area contributed by atoms with Crippen molar-refractivity contribution >= 4 is 27.5 Å². The zero-order chi connectivity index (χ0) is 27.9. The average Bonchev–Trinajstić information content (AvgIpc) is 2.90. The Hall–Kier alpha value is -3.85. The highest BCUT2D eigenvalue weighted by Crippen LogP contribution is 2.26. The summed E-state index contributed by atoms with van der Waals surface area (Å²) < 4.78 is 34.0. The lowest BCUT2D eigenvalue weighted by molar-refractivity contribution is -0.139. The van der Waals surface area contributed by atoms with Gasteiger partial charge in [0, 0.05) is 13.1 Å². The number of ether oxygens (including phenoxy) is 1. The van der Waals surface area contributed by atoms with Crippen LogP contribution in [0.3, 0.4) is 0 Å². The Morgan fingerprint density at radius 3 is 2.11 bits per heavy atom. The molecule has 3 rings (SSSR count). The summed E-state index contributed by atoms with van der Waals surface area (Å²) >= 11 is 0. The van der Waals surface area contributed by atoms with Gasteiger partial charge in [-0.05, 0) is 80.8 Å². The molecule has 202 valence electrons. The van der Waals surface area contributed by atoms with Crippen molar-refractivity contribution in [3.05, 3.63) is 89.5 Å². The summed E-state index contributed by atoms with van der Waals surface area (Å²) in [6.07, 6.45) is 0. The maximum absolute atomic E-state index is 13.9. The second-order valence-corrected chi connectivity index (χ2v) is 11.0. The Balaban J connectivity index is 2.04. The number of methoxy groups -OCH3 is 1. The van der Waals surface area contributed by atoms with E-state index in [1.807, 2.05) is 32.0 Å². The number of hydrogen-bond acceptors (Lipinski definition) is 5. The van der Waals surface area contributed by atoms with Crippen molar-refractivity contribution < 1.29 is 22.7 Å². The molecule has 1 N–H and O–H groups in total. The van der Waals surface area contributed by atoms with Crippen molar-refractivity contribution in [3.8, 4) is 5.75 Å². The molecule has 1 unspecified atom stereocenters. The van der Waals surface area contributed by atoms with Crippen LogP contribution >= 0.6 is 0 Å². The zero-order valence-electron chi connectivity index (χ0n) is 22.5. The molecule has 0 radical (unpaired) electrons. The maximum atomic E-state index is 13.9. The molecule has 0 aromatic heterocycles. The van der Waals surface area contributed by atoms with Gasteiger partial charge in [-0.3, -0.25) is 13.9 Å². The van der Waals surface area contributed by atoms with Crippen molar-refractivity contribution in [2.45, 2.75) is 45.2 Å². The number of hydrogen-bond donors (Lipinski definition) is 1. The number of rotatable bonds is 11. The number of carbonyl (C=O) groups excluding carboxylic acids is 2. The molecule has 0 fully saturated rings. The molecule has 2 amide bonds. The SMILES string of the molecule is CCNC(=O)C(C)N(Cc1ccc(OC)cc1)C(=O)CN(c1cc(C)cc(C)c1)S(=O)(=O)c1ccccc1. The highest BCUT2D eigenvalue weighted by atomic mass is 32.2. The summed E-state index contributed by atoms with van der Waals surface area (Å²) in [5, 5.41) is 2.76. The standard InChI is InChI=1S/C29H35N3O5S/c1-6-30-29(34)23(4)31(19-24-12-14-26(37-5)15-13-24)28(33)20-32(25-17-21(2)16-22(3)18-25)38(35,36)27-10-8-7-9-11-27/h7-18,23H,6,19-20H2,1-5H3,(H,30,34). The third-order valence-corrected chi connectivity index (χ3v) is 7.92. The minimum absolute atomic E-state index is 0.0745. The van der Waals surface area contributed by atoms with Crippen molar-refractivity contribution in [1.82, 2.24) is 10.2 Å². The first-order valence-corrected chi connectivity index (χ1v) is 13.9. The molecule has 0 aliphatic carbocycles. The molecule has 0 spiro atoms. The van der Waals surface area contributed by atoms with Crippen LogP contribution in [0.15, 0.2) is 77.7 Å². The van der Waals surface area contributed by atoms with E-state index in [2.05, 4.69) is 5.32 Å². The molecule has 0 saturated carbocycles. The first-order chi connectivity index (χ1) is 18.1. The van der Waals surface area contributed by atoms with Gasteiger partial charge in [0.15, 0.2) is 0 Å². The normalized spacial score (nSPS) is 11.9. The van der Waals surface area contributed by atoms with Crippen LogP contribution in [0.4, 0.5) is 5.69 Å². The molecular formula is C29H35N3O5S. The lowest BCUT2D eigenvalue weighted by Crippen LogP contribution is -2.51. The molecule has 9 heteroatoms. The number of nitrogens with zero attached hydrogens (tertiary/aromatic N) is 2. The molecule has 0 saturated heterocycles. The van der Waals surface area contributed by atoms with Gasteiger partial charge in [0.1, 0.15) is 18.3 Å². The average molecular weight is 538 g/mol. The number of likely N-dealkylation sites (N-methyl/N-ethyl adjacent to an activating group) is 1. The van der Waals surface area contributed by atoms with E-state index < -0.39 is 28.5 Å². The van der Waals surface area contributed by atoms with Gasteiger partial charge >= 0.3 is 0 Å². The van der Waals surface area contributed by atoms with E-state index in [0.717, 1.165) is 21.0 Å². The van der Waals surface area contributed by atoms with Crippen molar-refractivity contribution in [3.63, 3.8) is 0 Å². The van der Waals surface area contributed by atoms with Gasteiger partial charge in [-0.15, -0.1) is 0 Å². The van der Waals surface area contributed by atoms with Crippen LogP contribution in [0.25, 0.3) is 0 Å². The number of aryl methyl sites for hydroxylation is 2. The van der Waals surface area contributed by atoms with Crippen LogP contribution in [0, 0.1) is 13.8 Å². The van der Waals surface area contributed by atoms with E-state index in [1.54, 1.807) is 63.4 Å². The number of nitrogens with one attached hydrogen (secondary N) is 1. The van der Waals surface area contributed by atoms with Gasteiger partial charge in [0.05, 0.1) is 17.7 Å². The second-order valence-electron chi connectivity index (χ2n) is 9.11. The number of anilines is 1. The molecule has 0 bridgehead atoms. The van der Waals surface area contributed by atoms with Crippen LogP contribution in [0.5, 0.6) is 5.75 Å². The van der Waals surface area contributed by atoms with E-state index in [0.29, 0.717) is 18.0 Å². The van der Waals surface area contributed by atoms with Gasteiger partial charge in [-0.1, -0.05) is 36.4 Å². The topological polar surface area (TPSA) is 96.0 Å². The number of sulfonamides is 1. The molecule has 8 nitrogen and oxygen atoms in total. The Morgan fingerprint density at radius 2 is 1.55 bits per heavy atom. The van der Waals surface area contributed by atoms with E-state index in [1.165, 1.54) is 17.0 Å². The summed E-state index contributed by atoms with van der Waals surface area (Å²) in [5.74, 6) is -0.158. The van der Waals surface area contributed by atoms with Crippen LogP contribution < -0.4 is 14.4 Å². The third-order valence-electron chi connectivity index (χ3n) is 6.13. The minimum atomic E-state index is -4.09. The summed E-state index contributed by atoms with van der Waals surface area (Å²) in [4.78, 5) is 28.1. The van der Waals surface area contributed by atoms with E-state index in [9.17, 15) is 18.0 Å². The highest BCUT2D eigenvalue weighted by molar-refractivity contribution is 7.92.